The lowest BCUT2D eigenvalue weighted by Crippen LogP contribution is -2.37. The molecule has 0 spiro atoms. The molecule has 1 rings (SSSR count). The van der Waals surface area contributed by atoms with Gasteiger partial charge in [-0.3, -0.25) is 0 Å². The van der Waals surface area contributed by atoms with Gasteiger partial charge in [0.25, 0.3) is 0 Å². The Balaban J connectivity index is 2.31. The monoisotopic (exact) mass is 169 g/mol. The summed E-state index contributed by atoms with van der Waals surface area (Å²) in [7, 11) is 2.26. The van der Waals surface area contributed by atoms with E-state index in [0.29, 0.717) is 5.41 Å². The van der Waals surface area contributed by atoms with Crippen molar-refractivity contribution in [1.29, 1.82) is 0 Å². The minimum absolute atomic E-state index is 0.442. The molecule has 0 aromatic carbocycles. The fraction of sp³-hybridized carbons (Fsp3) is 1.00. The zero-order valence-electron chi connectivity index (χ0n) is 9.22. The molecule has 1 saturated carbocycles. The van der Waals surface area contributed by atoms with Gasteiger partial charge in [-0.25, -0.2) is 0 Å². The van der Waals surface area contributed by atoms with Gasteiger partial charge in [-0.15, -0.1) is 0 Å². The lowest BCUT2D eigenvalue weighted by molar-refractivity contribution is 0.167. The highest BCUT2D eigenvalue weighted by molar-refractivity contribution is 4.85. The van der Waals surface area contributed by atoms with Gasteiger partial charge in [0.15, 0.2) is 0 Å². The van der Waals surface area contributed by atoms with Gasteiger partial charge in [0.2, 0.25) is 0 Å². The molecule has 1 aliphatic rings. The van der Waals surface area contributed by atoms with E-state index in [1.165, 1.54) is 19.4 Å². The molecule has 1 atom stereocenters. The lowest BCUT2D eigenvalue weighted by atomic mass is 9.95. The van der Waals surface area contributed by atoms with Crippen LogP contribution in [0.5, 0.6) is 0 Å². The Morgan fingerprint density at radius 2 is 1.83 bits per heavy atom. The van der Waals surface area contributed by atoms with Crippen molar-refractivity contribution in [3.8, 4) is 0 Å². The van der Waals surface area contributed by atoms with Crippen LogP contribution < -0.4 is 0 Å². The number of hydrogen-bond acceptors (Lipinski definition) is 1. The second kappa shape index (κ2) is 3.37. The molecule has 72 valence electrons. The third kappa shape index (κ3) is 3.14. The van der Waals surface area contributed by atoms with Crippen LogP contribution in [0.1, 0.15) is 40.5 Å². The largest absolute Gasteiger partial charge is 0.303 e. The third-order valence-electron chi connectivity index (χ3n) is 2.72. The highest BCUT2D eigenvalue weighted by atomic mass is 15.1. The van der Waals surface area contributed by atoms with E-state index in [4.69, 9.17) is 0 Å². The highest BCUT2D eigenvalue weighted by Gasteiger charge is 2.31. The molecule has 1 nitrogen and oxygen atoms in total. The summed E-state index contributed by atoms with van der Waals surface area (Å²) >= 11 is 0. The molecule has 0 aromatic rings. The average Bonchev–Trinajstić information content (AvgIpc) is 2.62. The molecule has 0 bridgehead atoms. The molecular formula is C11H23N. The van der Waals surface area contributed by atoms with Crippen LogP contribution in [-0.4, -0.2) is 24.5 Å². The van der Waals surface area contributed by atoms with Gasteiger partial charge >= 0.3 is 0 Å². The van der Waals surface area contributed by atoms with Crippen molar-refractivity contribution in [3.05, 3.63) is 0 Å². The summed E-state index contributed by atoms with van der Waals surface area (Å²) in [5.41, 5.74) is 0.442. The molecular weight excluding hydrogens is 146 g/mol. The van der Waals surface area contributed by atoms with Crippen LogP contribution in [0.15, 0.2) is 0 Å². The Labute approximate surface area is 77.1 Å². The maximum atomic E-state index is 2.51. The molecule has 0 saturated heterocycles. The molecule has 12 heavy (non-hydrogen) atoms. The summed E-state index contributed by atoms with van der Waals surface area (Å²) in [6, 6.07) is 0.796. The second-order valence-corrected chi connectivity index (χ2v) is 5.55. The molecule has 0 amide bonds. The van der Waals surface area contributed by atoms with Gasteiger partial charge < -0.3 is 4.90 Å². The zero-order chi connectivity index (χ0) is 9.35. The predicted molar refractivity (Wildman–Crippen MR) is 54.3 cm³/mol. The number of rotatable bonds is 3. The van der Waals surface area contributed by atoms with Crippen molar-refractivity contribution in [1.82, 2.24) is 4.90 Å². The van der Waals surface area contributed by atoms with Crippen molar-refractivity contribution >= 4 is 0 Å². The minimum Gasteiger partial charge on any atom is -0.303 e. The summed E-state index contributed by atoms with van der Waals surface area (Å²) in [5, 5.41) is 0. The summed E-state index contributed by atoms with van der Waals surface area (Å²) in [6.07, 6.45) is 2.91. The molecule has 1 unspecified atom stereocenters. The van der Waals surface area contributed by atoms with Crippen LogP contribution in [0.2, 0.25) is 0 Å². The maximum Gasteiger partial charge on any atom is 0.00923 e. The summed E-state index contributed by atoms with van der Waals surface area (Å²) < 4.78 is 0. The fourth-order valence-electron chi connectivity index (χ4n) is 1.83. The minimum atomic E-state index is 0.442. The average molecular weight is 169 g/mol. The van der Waals surface area contributed by atoms with Gasteiger partial charge in [-0.1, -0.05) is 20.8 Å². The summed E-state index contributed by atoms with van der Waals surface area (Å²) in [4.78, 5) is 2.51. The predicted octanol–water partition coefficient (Wildman–Crippen LogP) is 2.76. The SMILES string of the molecule is CC(C1CC1)N(C)CC(C)(C)C. The molecule has 0 N–H and O–H groups in total. The maximum absolute atomic E-state index is 2.51. The van der Waals surface area contributed by atoms with E-state index in [-0.39, 0.29) is 0 Å². The smallest absolute Gasteiger partial charge is 0.00923 e. The van der Waals surface area contributed by atoms with Gasteiger partial charge in [-0.05, 0) is 38.1 Å². The third-order valence-corrected chi connectivity index (χ3v) is 2.72. The zero-order valence-corrected chi connectivity index (χ0v) is 9.22. The van der Waals surface area contributed by atoms with Crippen LogP contribution in [0, 0.1) is 11.3 Å². The van der Waals surface area contributed by atoms with Crippen LogP contribution >= 0.6 is 0 Å². The summed E-state index contributed by atoms with van der Waals surface area (Å²) in [6.45, 7) is 10.5. The molecule has 0 aromatic heterocycles. The first-order valence-corrected chi connectivity index (χ1v) is 5.10. The Morgan fingerprint density at radius 1 is 1.33 bits per heavy atom. The van der Waals surface area contributed by atoms with Crippen LogP contribution in [0.4, 0.5) is 0 Å². The molecule has 0 radical (unpaired) electrons. The highest BCUT2D eigenvalue weighted by Crippen LogP contribution is 2.35. The Morgan fingerprint density at radius 3 is 2.17 bits per heavy atom. The first-order chi connectivity index (χ1) is 5.40. The molecule has 1 fully saturated rings. The van der Waals surface area contributed by atoms with E-state index in [1.54, 1.807) is 0 Å². The number of hydrogen-bond donors (Lipinski definition) is 0. The lowest BCUT2D eigenvalue weighted by Gasteiger charge is -2.31. The van der Waals surface area contributed by atoms with Crippen molar-refractivity contribution in [2.24, 2.45) is 11.3 Å². The topological polar surface area (TPSA) is 3.24 Å². The first kappa shape index (κ1) is 10.0. The van der Waals surface area contributed by atoms with E-state index in [9.17, 15) is 0 Å². The van der Waals surface area contributed by atoms with Crippen molar-refractivity contribution < 1.29 is 0 Å². The molecule has 1 aliphatic carbocycles. The van der Waals surface area contributed by atoms with Gasteiger partial charge in [0.1, 0.15) is 0 Å². The van der Waals surface area contributed by atoms with Crippen LogP contribution in [0.3, 0.4) is 0 Å². The van der Waals surface area contributed by atoms with E-state index in [0.717, 1.165) is 12.0 Å². The second-order valence-electron chi connectivity index (χ2n) is 5.55. The van der Waals surface area contributed by atoms with E-state index < -0.39 is 0 Å². The van der Waals surface area contributed by atoms with Crippen LogP contribution in [0.25, 0.3) is 0 Å². The Bertz CT molecular complexity index is 142. The summed E-state index contributed by atoms with van der Waals surface area (Å²) in [5.74, 6) is 0.998. The Kier molecular flexibility index (Phi) is 2.82. The Hall–Kier alpha value is -0.0400. The van der Waals surface area contributed by atoms with Crippen molar-refractivity contribution in [2.45, 2.75) is 46.6 Å². The first-order valence-electron chi connectivity index (χ1n) is 5.10. The molecule has 0 heterocycles. The van der Waals surface area contributed by atoms with Gasteiger partial charge in [0, 0.05) is 12.6 Å². The van der Waals surface area contributed by atoms with E-state index >= 15 is 0 Å². The van der Waals surface area contributed by atoms with Crippen molar-refractivity contribution in [2.75, 3.05) is 13.6 Å². The fourth-order valence-corrected chi connectivity index (χ4v) is 1.83. The quantitative estimate of drug-likeness (QED) is 0.628. The van der Waals surface area contributed by atoms with E-state index in [2.05, 4.69) is 39.6 Å². The van der Waals surface area contributed by atoms with E-state index in [1.807, 2.05) is 0 Å². The van der Waals surface area contributed by atoms with Gasteiger partial charge in [-0.2, -0.15) is 0 Å². The number of nitrogens with zero attached hydrogens (tertiary/aromatic N) is 1. The normalized spacial score (nSPS) is 21.5. The molecule has 1 heteroatoms. The molecule has 0 aliphatic heterocycles. The van der Waals surface area contributed by atoms with Gasteiger partial charge in [0.05, 0.1) is 0 Å². The van der Waals surface area contributed by atoms with Crippen LogP contribution in [-0.2, 0) is 0 Å². The van der Waals surface area contributed by atoms with Crippen molar-refractivity contribution in [3.63, 3.8) is 0 Å². The standard InChI is InChI=1S/C11H23N/c1-9(10-6-7-10)12(5)8-11(2,3)4/h9-10H,6-8H2,1-5H3.